The van der Waals surface area contributed by atoms with Crippen LogP contribution in [0.5, 0.6) is 0 Å². The normalized spacial score (nSPS) is 14.4. The zero-order valence-electron chi connectivity index (χ0n) is 23.2. The van der Waals surface area contributed by atoms with E-state index in [1.165, 1.54) is 17.0 Å². The Kier molecular flexibility index (Phi) is 10.3. The minimum atomic E-state index is -4.13. The third-order valence-corrected chi connectivity index (χ3v) is 9.87. The van der Waals surface area contributed by atoms with Crippen molar-refractivity contribution in [3.05, 3.63) is 94.0 Å². The van der Waals surface area contributed by atoms with Crippen LogP contribution in [0.3, 0.4) is 0 Å². The Bertz CT molecular complexity index is 1460. The number of nitrogens with one attached hydrogen (secondary N) is 1. The smallest absolute Gasteiger partial charge is 0.264 e. The number of halogens is 2. The van der Waals surface area contributed by atoms with Gasteiger partial charge >= 0.3 is 0 Å². The van der Waals surface area contributed by atoms with Gasteiger partial charge in [-0.2, -0.15) is 0 Å². The maximum Gasteiger partial charge on any atom is 0.264 e. The molecule has 2 amide bonds. The summed E-state index contributed by atoms with van der Waals surface area (Å²) in [6, 6.07) is 19.2. The quantitative estimate of drug-likeness (QED) is 0.272. The highest BCUT2D eigenvalue weighted by atomic mass is 35.5. The number of carbonyl (C=O) groups excluding carboxylic acids is 2. The molecule has 1 aliphatic rings. The molecule has 1 atom stereocenters. The van der Waals surface area contributed by atoms with E-state index in [1.807, 2.05) is 19.9 Å². The molecule has 1 aliphatic carbocycles. The van der Waals surface area contributed by atoms with Crippen LogP contribution in [0.25, 0.3) is 0 Å². The van der Waals surface area contributed by atoms with Gasteiger partial charge in [0.2, 0.25) is 11.8 Å². The summed E-state index contributed by atoms with van der Waals surface area (Å²) in [5, 5.41) is 3.81. The lowest BCUT2D eigenvalue weighted by Crippen LogP contribution is -2.53. The number of hydrogen-bond donors (Lipinski definition) is 1. The van der Waals surface area contributed by atoms with Gasteiger partial charge in [-0.1, -0.05) is 79.4 Å². The number of aryl methyl sites for hydroxylation is 1. The predicted octanol–water partition coefficient (Wildman–Crippen LogP) is 6.36. The zero-order valence-corrected chi connectivity index (χ0v) is 25.6. The summed E-state index contributed by atoms with van der Waals surface area (Å²) in [7, 11) is -4.13. The Labute approximate surface area is 252 Å². The molecule has 0 heterocycles. The second kappa shape index (κ2) is 13.7. The van der Waals surface area contributed by atoms with E-state index in [0.717, 1.165) is 35.6 Å². The van der Waals surface area contributed by atoms with E-state index in [4.69, 9.17) is 23.2 Å². The van der Waals surface area contributed by atoms with Gasteiger partial charge in [-0.3, -0.25) is 13.9 Å². The first-order valence-electron chi connectivity index (χ1n) is 13.8. The molecule has 0 spiro atoms. The van der Waals surface area contributed by atoms with Gasteiger partial charge in [0.05, 0.1) is 10.6 Å². The number of sulfonamides is 1. The highest BCUT2D eigenvalue weighted by Crippen LogP contribution is 2.29. The standard InChI is InChI=1S/C31H35Cl2N3O4S/c1-3-29(31(38)34-23-12-7-8-13-23)35(20-26-27(32)17-10-18-28(26)33)30(37)21-36(24-14-9-11-22(2)19-24)41(39,40)25-15-5-4-6-16-25/h4-6,9-11,14-19,23,29H,3,7-8,12-13,20-21H2,1-2H3,(H,34,38)/t29-/m1/s1. The number of rotatable bonds is 11. The SMILES string of the molecule is CC[C@H](C(=O)NC1CCCC1)N(Cc1c(Cl)cccc1Cl)C(=O)CN(c1cccc(C)c1)S(=O)(=O)c1ccccc1. The third kappa shape index (κ3) is 7.42. The predicted molar refractivity (Wildman–Crippen MR) is 164 cm³/mol. The van der Waals surface area contributed by atoms with Crippen LogP contribution in [-0.2, 0) is 26.2 Å². The van der Waals surface area contributed by atoms with Gasteiger partial charge in [0, 0.05) is 28.2 Å². The molecule has 218 valence electrons. The van der Waals surface area contributed by atoms with Gasteiger partial charge in [0.25, 0.3) is 10.0 Å². The van der Waals surface area contributed by atoms with Crippen molar-refractivity contribution in [3.63, 3.8) is 0 Å². The average molecular weight is 617 g/mol. The first-order valence-corrected chi connectivity index (χ1v) is 16.0. The maximum atomic E-state index is 14.2. The highest BCUT2D eigenvalue weighted by Gasteiger charge is 2.35. The van der Waals surface area contributed by atoms with Gasteiger partial charge < -0.3 is 10.2 Å². The lowest BCUT2D eigenvalue weighted by atomic mass is 10.1. The molecule has 0 bridgehead atoms. The largest absolute Gasteiger partial charge is 0.352 e. The fourth-order valence-electron chi connectivity index (χ4n) is 5.17. The molecule has 10 heteroatoms. The van der Waals surface area contributed by atoms with Gasteiger partial charge in [0.1, 0.15) is 12.6 Å². The van der Waals surface area contributed by atoms with Gasteiger partial charge in [-0.05, 0) is 68.1 Å². The Morgan fingerprint density at radius 1 is 0.951 bits per heavy atom. The van der Waals surface area contributed by atoms with Crippen LogP contribution in [-0.4, -0.2) is 43.8 Å². The van der Waals surface area contributed by atoms with E-state index < -0.39 is 28.5 Å². The van der Waals surface area contributed by atoms with Gasteiger partial charge in [0.15, 0.2) is 0 Å². The number of benzene rings is 3. The van der Waals surface area contributed by atoms with Crippen molar-refractivity contribution in [2.24, 2.45) is 0 Å². The van der Waals surface area contributed by atoms with Crippen LogP contribution in [0.4, 0.5) is 5.69 Å². The molecule has 0 aromatic heterocycles. The summed E-state index contributed by atoms with van der Waals surface area (Å²) < 4.78 is 28.9. The molecule has 3 aromatic carbocycles. The van der Waals surface area contributed by atoms with Gasteiger partial charge in [-0.25, -0.2) is 8.42 Å². The average Bonchev–Trinajstić information content (AvgIpc) is 3.46. The third-order valence-electron chi connectivity index (χ3n) is 7.38. The van der Waals surface area contributed by atoms with Crippen LogP contribution >= 0.6 is 23.2 Å². The molecule has 0 unspecified atom stereocenters. The van der Waals surface area contributed by atoms with Crippen LogP contribution < -0.4 is 9.62 Å². The Morgan fingerprint density at radius 2 is 1.59 bits per heavy atom. The first-order chi connectivity index (χ1) is 19.6. The van der Waals surface area contributed by atoms with Crippen molar-refractivity contribution >= 4 is 50.7 Å². The van der Waals surface area contributed by atoms with E-state index in [1.54, 1.807) is 54.6 Å². The first kappa shape index (κ1) is 30.9. The molecule has 0 saturated heterocycles. The lowest BCUT2D eigenvalue weighted by molar-refractivity contribution is -0.140. The summed E-state index contributed by atoms with van der Waals surface area (Å²) in [6.45, 7) is 3.11. The topological polar surface area (TPSA) is 86.8 Å². The van der Waals surface area contributed by atoms with Crippen molar-refractivity contribution in [1.82, 2.24) is 10.2 Å². The summed E-state index contributed by atoms with van der Waals surface area (Å²) in [4.78, 5) is 29.2. The van der Waals surface area contributed by atoms with E-state index in [9.17, 15) is 18.0 Å². The van der Waals surface area contributed by atoms with Crippen molar-refractivity contribution < 1.29 is 18.0 Å². The second-order valence-corrected chi connectivity index (χ2v) is 13.0. The molecule has 1 N–H and O–H groups in total. The summed E-state index contributed by atoms with van der Waals surface area (Å²) in [5.74, 6) is -0.820. The molecular weight excluding hydrogens is 581 g/mol. The molecule has 1 saturated carbocycles. The minimum absolute atomic E-state index is 0.0546. The Hall–Kier alpha value is -3.07. The molecule has 0 aliphatic heterocycles. The van der Waals surface area contributed by atoms with Crippen LogP contribution in [0.15, 0.2) is 77.7 Å². The monoisotopic (exact) mass is 615 g/mol. The van der Waals surface area contributed by atoms with Crippen molar-refractivity contribution in [2.75, 3.05) is 10.8 Å². The van der Waals surface area contributed by atoms with Crippen LogP contribution in [0, 0.1) is 6.92 Å². The second-order valence-electron chi connectivity index (χ2n) is 10.3. The van der Waals surface area contributed by atoms with Crippen molar-refractivity contribution in [1.29, 1.82) is 0 Å². The highest BCUT2D eigenvalue weighted by molar-refractivity contribution is 7.92. The van der Waals surface area contributed by atoms with Crippen LogP contribution in [0.2, 0.25) is 10.0 Å². The zero-order chi connectivity index (χ0) is 29.6. The maximum absolute atomic E-state index is 14.2. The molecular formula is C31H35Cl2N3O4S. The number of amides is 2. The van der Waals surface area contributed by atoms with Crippen LogP contribution in [0.1, 0.15) is 50.2 Å². The van der Waals surface area contributed by atoms with Crippen molar-refractivity contribution in [3.8, 4) is 0 Å². The number of hydrogen-bond acceptors (Lipinski definition) is 4. The lowest BCUT2D eigenvalue weighted by Gasteiger charge is -2.34. The molecule has 7 nitrogen and oxygen atoms in total. The Balaban J connectivity index is 1.74. The summed E-state index contributed by atoms with van der Waals surface area (Å²) in [5.41, 5.74) is 1.68. The fraction of sp³-hybridized carbons (Fsp3) is 0.355. The molecule has 3 aromatic rings. The molecule has 1 fully saturated rings. The van der Waals surface area contributed by atoms with E-state index in [0.29, 0.717) is 27.7 Å². The molecule has 0 radical (unpaired) electrons. The number of carbonyl (C=O) groups is 2. The summed E-state index contributed by atoms with van der Waals surface area (Å²) in [6.07, 6.45) is 4.19. The van der Waals surface area contributed by atoms with E-state index in [2.05, 4.69) is 5.32 Å². The van der Waals surface area contributed by atoms with E-state index >= 15 is 0 Å². The van der Waals surface area contributed by atoms with E-state index in [-0.39, 0.29) is 23.4 Å². The molecule has 41 heavy (non-hydrogen) atoms. The summed E-state index contributed by atoms with van der Waals surface area (Å²) >= 11 is 13.0. The van der Waals surface area contributed by atoms with Crippen molar-refractivity contribution in [2.45, 2.75) is 69.5 Å². The van der Waals surface area contributed by atoms with Gasteiger partial charge in [-0.15, -0.1) is 0 Å². The fourth-order valence-corrected chi connectivity index (χ4v) is 7.12. The minimum Gasteiger partial charge on any atom is -0.352 e. The number of nitrogens with zero attached hydrogens (tertiary/aromatic N) is 2. The molecule has 4 rings (SSSR count). The number of anilines is 1. The Morgan fingerprint density at radius 3 is 2.20 bits per heavy atom.